The number of hydrogen-bond acceptors (Lipinski definition) is 7. The van der Waals surface area contributed by atoms with Gasteiger partial charge in [0.2, 0.25) is 0 Å². The normalized spacial score (nSPS) is 16.2. The molecule has 1 atom stereocenters. The summed E-state index contributed by atoms with van der Waals surface area (Å²) in [7, 11) is 1.88. The van der Waals surface area contributed by atoms with Crippen molar-refractivity contribution < 1.29 is 9.53 Å². The molecule has 5 rings (SSSR count). The summed E-state index contributed by atoms with van der Waals surface area (Å²) in [5.41, 5.74) is 3.50. The number of rotatable bonds is 3. The number of nitrogens with zero attached hydrogens (tertiary/aromatic N) is 8. The van der Waals surface area contributed by atoms with E-state index < -0.39 is 5.60 Å². The van der Waals surface area contributed by atoms with Crippen LogP contribution in [0, 0.1) is 11.3 Å². The minimum atomic E-state index is -0.541. The Bertz CT molecular complexity index is 1510. The van der Waals surface area contributed by atoms with Crippen LogP contribution in [0.4, 0.5) is 10.6 Å². The molecule has 0 N–H and O–H groups in total. The van der Waals surface area contributed by atoms with E-state index in [-0.39, 0.29) is 12.1 Å². The topological polar surface area (TPSA) is 105 Å². The molecule has 4 heterocycles. The lowest BCUT2D eigenvalue weighted by Crippen LogP contribution is -2.54. The Hall–Kier alpha value is -4.39. The minimum Gasteiger partial charge on any atom is -0.444 e. The molecule has 37 heavy (non-hydrogen) atoms. The molecular formula is C27H30N8O2. The van der Waals surface area contributed by atoms with Gasteiger partial charge in [0.25, 0.3) is 0 Å². The van der Waals surface area contributed by atoms with Crippen molar-refractivity contribution in [3.8, 4) is 22.9 Å². The Morgan fingerprint density at radius 2 is 2.00 bits per heavy atom. The van der Waals surface area contributed by atoms with Crippen LogP contribution in [-0.4, -0.2) is 66.6 Å². The van der Waals surface area contributed by atoms with Crippen molar-refractivity contribution in [3.05, 3.63) is 54.7 Å². The van der Waals surface area contributed by atoms with Gasteiger partial charge in [-0.2, -0.15) is 10.4 Å². The number of aromatic nitrogens is 5. The van der Waals surface area contributed by atoms with Gasteiger partial charge in [-0.15, -0.1) is 0 Å². The second-order valence-electron chi connectivity index (χ2n) is 10.3. The average Bonchev–Trinajstić information content (AvgIpc) is 3.46. The fourth-order valence-corrected chi connectivity index (χ4v) is 4.73. The highest BCUT2D eigenvalue weighted by atomic mass is 16.6. The van der Waals surface area contributed by atoms with Gasteiger partial charge < -0.3 is 19.1 Å². The molecule has 10 nitrogen and oxygen atoms in total. The van der Waals surface area contributed by atoms with E-state index in [2.05, 4.69) is 28.0 Å². The van der Waals surface area contributed by atoms with Crippen molar-refractivity contribution in [1.29, 1.82) is 5.26 Å². The molecule has 1 aliphatic heterocycles. The predicted octanol–water partition coefficient (Wildman–Crippen LogP) is 4.14. The van der Waals surface area contributed by atoms with Crippen molar-refractivity contribution in [2.45, 2.75) is 39.3 Å². The maximum absolute atomic E-state index is 12.7. The van der Waals surface area contributed by atoms with Crippen LogP contribution >= 0.6 is 0 Å². The number of benzene rings is 1. The van der Waals surface area contributed by atoms with Gasteiger partial charge in [-0.05, 0) is 45.9 Å². The molecule has 3 aromatic heterocycles. The van der Waals surface area contributed by atoms with Gasteiger partial charge in [0.1, 0.15) is 17.7 Å². The van der Waals surface area contributed by atoms with E-state index in [1.165, 1.54) is 0 Å². The van der Waals surface area contributed by atoms with E-state index in [1.807, 2.05) is 69.2 Å². The van der Waals surface area contributed by atoms with Crippen LogP contribution in [0.3, 0.4) is 0 Å². The maximum atomic E-state index is 12.7. The molecule has 1 aliphatic rings. The van der Waals surface area contributed by atoms with Crippen molar-refractivity contribution in [2.24, 2.45) is 7.05 Å². The number of aryl methyl sites for hydroxylation is 1. The Balaban J connectivity index is 1.59. The molecule has 0 radical (unpaired) electrons. The molecule has 0 spiro atoms. The fourth-order valence-electron chi connectivity index (χ4n) is 4.73. The zero-order valence-corrected chi connectivity index (χ0v) is 21.7. The molecule has 0 saturated carbocycles. The van der Waals surface area contributed by atoms with Gasteiger partial charge in [-0.3, -0.25) is 4.68 Å². The van der Waals surface area contributed by atoms with Crippen molar-refractivity contribution in [3.63, 3.8) is 0 Å². The number of carbonyl (C=O) groups is 1. The van der Waals surface area contributed by atoms with Gasteiger partial charge >= 0.3 is 6.09 Å². The summed E-state index contributed by atoms with van der Waals surface area (Å²) in [6.45, 7) is 9.36. The number of anilines is 1. The van der Waals surface area contributed by atoms with Gasteiger partial charge in [-0.1, -0.05) is 6.07 Å². The number of hydrogen-bond donors (Lipinski definition) is 0. The van der Waals surface area contributed by atoms with E-state index >= 15 is 0 Å². The van der Waals surface area contributed by atoms with Crippen LogP contribution in [0.2, 0.25) is 0 Å². The summed E-state index contributed by atoms with van der Waals surface area (Å²) >= 11 is 0. The van der Waals surface area contributed by atoms with Gasteiger partial charge in [0.05, 0.1) is 23.2 Å². The zero-order chi connectivity index (χ0) is 26.3. The highest BCUT2D eigenvalue weighted by molar-refractivity contribution is 6.02. The first-order chi connectivity index (χ1) is 17.6. The zero-order valence-electron chi connectivity index (χ0n) is 21.7. The van der Waals surface area contributed by atoms with Crippen molar-refractivity contribution in [2.75, 3.05) is 24.5 Å². The largest absolute Gasteiger partial charge is 0.444 e. The molecule has 1 aromatic carbocycles. The Kier molecular flexibility index (Phi) is 6.07. The number of amides is 1. The van der Waals surface area contributed by atoms with E-state index in [0.717, 1.165) is 33.7 Å². The molecule has 1 fully saturated rings. The lowest BCUT2D eigenvalue weighted by atomic mass is 10.1. The first kappa shape index (κ1) is 24.3. The highest BCUT2D eigenvalue weighted by Crippen LogP contribution is 2.37. The number of ether oxygens (including phenoxy) is 1. The molecule has 10 heteroatoms. The molecule has 1 saturated heterocycles. The maximum Gasteiger partial charge on any atom is 0.410 e. The SMILES string of the molecule is C[C@H]1CN(C(=O)OC(C)(C)C)CCN1c1ncnc2c1c(-c1cnn(C)c1)cn2-c1cccc(C#N)c1. The van der Waals surface area contributed by atoms with Gasteiger partial charge in [0, 0.05) is 61.9 Å². The number of nitriles is 1. The monoisotopic (exact) mass is 498 g/mol. The van der Waals surface area contributed by atoms with Crippen LogP contribution in [0.15, 0.2) is 49.2 Å². The predicted molar refractivity (Wildman–Crippen MR) is 140 cm³/mol. The van der Waals surface area contributed by atoms with E-state index in [0.29, 0.717) is 25.2 Å². The molecule has 1 amide bonds. The van der Waals surface area contributed by atoms with Crippen LogP contribution < -0.4 is 4.90 Å². The number of carbonyl (C=O) groups excluding carboxylic acids is 1. The standard InChI is InChI=1S/C27H30N8O2/c1-18-14-33(26(36)37-27(2,3)4)9-10-34(18)24-23-22(20-13-31-32(5)15-20)16-35(25(23)30-17-29-24)21-8-6-7-19(11-21)12-28/h6-8,11,13,15-18H,9-10,14H2,1-5H3/t18-/m0/s1. The number of piperazine rings is 1. The van der Waals surface area contributed by atoms with Crippen LogP contribution in [0.25, 0.3) is 27.8 Å². The summed E-state index contributed by atoms with van der Waals surface area (Å²) in [5, 5.41) is 14.7. The summed E-state index contributed by atoms with van der Waals surface area (Å²) in [5.74, 6) is 0.801. The molecular weight excluding hydrogens is 468 g/mol. The molecule has 0 aliphatic carbocycles. The smallest absolute Gasteiger partial charge is 0.410 e. The minimum absolute atomic E-state index is 0.00591. The first-order valence-corrected chi connectivity index (χ1v) is 12.2. The summed E-state index contributed by atoms with van der Waals surface area (Å²) in [6.07, 6.45) is 7.09. The van der Waals surface area contributed by atoms with E-state index in [1.54, 1.807) is 22.0 Å². The quantitative estimate of drug-likeness (QED) is 0.418. The lowest BCUT2D eigenvalue weighted by Gasteiger charge is -2.41. The van der Waals surface area contributed by atoms with Crippen molar-refractivity contribution >= 4 is 22.9 Å². The first-order valence-electron chi connectivity index (χ1n) is 12.2. The van der Waals surface area contributed by atoms with Crippen molar-refractivity contribution in [1.82, 2.24) is 29.2 Å². The molecule has 190 valence electrons. The Labute approximate surface area is 215 Å². The van der Waals surface area contributed by atoms with Crippen LogP contribution in [-0.2, 0) is 11.8 Å². The second-order valence-corrected chi connectivity index (χ2v) is 10.3. The van der Waals surface area contributed by atoms with Crippen LogP contribution in [0.5, 0.6) is 0 Å². The molecule has 4 aromatic rings. The fraction of sp³-hybridized carbons (Fsp3) is 0.370. The molecule has 0 unspecified atom stereocenters. The van der Waals surface area contributed by atoms with Gasteiger partial charge in [0.15, 0.2) is 5.65 Å². The summed E-state index contributed by atoms with van der Waals surface area (Å²) in [6, 6.07) is 9.66. The second kappa shape index (κ2) is 9.24. The lowest BCUT2D eigenvalue weighted by molar-refractivity contribution is 0.0218. The van der Waals surface area contributed by atoms with E-state index in [4.69, 9.17) is 9.72 Å². The third kappa shape index (κ3) is 4.72. The summed E-state index contributed by atoms with van der Waals surface area (Å²) < 4.78 is 9.35. The van der Waals surface area contributed by atoms with E-state index in [9.17, 15) is 10.1 Å². The highest BCUT2D eigenvalue weighted by Gasteiger charge is 2.32. The molecule has 0 bridgehead atoms. The number of fused-ring (bicyclic) bond motifs is 1. The third-order valence-electron chi connectivity index (χ3n) is 6.38. The Morgan fingerprint density at radius 1 is 1.19 bits per heavy atom. The average molecular weight is 499 g/mol. The van der Waals surface area contributed by atoms with Crippen LogP contribution in [0.1, 0.15) is 33.3 Å². The van der Waals surface area contributed by atoms with Gasteiger partial charge in [-0.25, -0.2) is 14.8 Å². The Morgan fingerprint density at radius 3 is 2.68 bits per heavy atom. The summed E-state index contributed by atoms with van der Waals surface area (Å²) in [4.78, 5) is 26.1. The third-order valence-corrected chi connectivity index (χ3v) is 6.38.